The highest BCUT2D eigenvalue weighted by molar-refractivity contribution is 7.80. The third kappa shape index (κ3) is 3.43. The third-order valence-corrected chi connectivity index (χ3v) is 3.78. The molecule has 0 spiro atoms. The van der Waals surface area contributed by atoms with Gasteiger partial charge in [-0.3, -0.25) is 4.90 Å². The van der Waals surface area contributed by atoms with E-state index in [2.05, 4.69) is 4.90 Å². The van der Waals surface area contributed by atoms with Crippen LogP contribution < -0.4 is 10.5 Å². The third-order valence-electron chi connectivity index (χ3n) is 3.56. The molecule has 0 radical (unpaired) electrons. The average molecular weight is 280 g/mol. The first-order valence-corrected chi connectivity index (χ1v) is 6.84. The molecule has 0 saturated carbocycles. The standard InChI is InChI=1S/C14H20N2O2S/c1-18-13-3-2-10(6-12(13)14(15)19)7-16-5-4-11(8-16)9-17/h2-3,6,11,17H,4-5,7-9H2,1H3,(H2,15,19). The first-order valence-electron chi connectivity index (χ1n) is 6.44. The first-order chi connectivity index (χ1) is 9.13. The highest BCUT2D eigenvalue weighted by Crippen LogP contribution is 2.23. The number of rotatable bonds is 5. The molecule has 4 nitrogen and oxygen atoms in total. The SMILES string of the molecule is COc1ccc(CN2CCC(CO)C2)cc1C(N)=S. The van der Waals surface area contributed by atoms with Crippen LogP contribution in [0.15, 0.2) is 18.2 Å². The molecule has 19 heavy (non-hydrogen) atoms. The maximum Gasteiger partial charge on any atom is 0.129 e. The Morgan fingerprint density at radius 2 is 2.37 bits per heavy atom. The number of hydrogen-bond acceptors (Lipinski definition) is 4. The highest BCUT2D eigenvalue weighted by atomic mass is 32.1. The van der Waals surface area contributed by atoms with Crippen molar-refractivity contribution in [2.24, 2.45) is 11.7 Å². The van der Waals surface area contributed by atoms with Crippen LogP contribution in [0.3, 0.4) is 0 Å². The van der Waals surface area contributed by atoms with Crippen LogP contribution in [0.5, 0.6) is 5.75 Å². The summed E-state index contributed by atoms with van der Waals surface area (Å²) in [6.07, 6.45) is 1.06. The van der Waals surface area contributed by atoms with Gasteiger partial charge in [-0.25, -0.2) is 0 Å². The number of ether oxygens (including phenoxy) is 1. The number of aliphatic hydroxyl groups excluding tert-OH is 1. The van der Waals surface area contributed by atoms with E-state index in [0.717, 1.165) is 31.6 Å². The minimum absolute atomic E-state index is 0.275. The molecule has 1 atom stereocenters. The largest absolute Gasteiger partial charge is 0.496 e. The molecule has 1 fully saturated rings. The Morgan fingerprint density at radius 1 is 1.58 bits per heavy atom. The van der Waals surface area contributed by atoms with E-state index in [-0.39, 0.29) is 6.61 Å². The number of thiocarbonyl (C=S) groups is 1. The number of nitrogens with two attached hydrogens (primary N) is 1. The van der Waals surface area contributed by atoms with Crippen molar-refractivity contribution in [3.8, 4) is 5.75 Å². The molecule has 1 saturated heterocycles. The lowest BCUT2D eigenvalue weighted by Crippen LogP contribution is -2.21. The fraction of sp³-hybridized carbons (Fsp3) is 0.500. The normalized spacial score (nSPS) is 19.6. The van der Waals surface area contributed by atoms with E-state index in [1.807, 2.05) is 18.2 Å². The van der Waals surface area contributed by atoms with Gasteiger partial charge in [0.15, 0.2) is 0 Å². The van der Waals surface area contributed by atoms with Crippen LogP contribution >= 0.6 is 12.2 Å². The fourth-order valence-corrected chi connectivity index (χ4v) is 2.67. The van der Waals surface area contributed by atoms with Crippen LogP contribution in [0.1, 0.15) is 17.5 Å². The molecule has 2 rings (SSSR count). The Kier molecular flexibility index (Phi) is 4.74. The lowest BCUT2D eigenvalue weighted by Gasteiger charge is -2.17. The van der Waals surface area contributed by atoms with Gasteiger partial charge >= 0.3 is 0 Å². The second-order valence-electron chi connectivity index (χ2n) is 4.97. The van der Waals surface area contributed by atoms with Crippen molar-refractivity contribution < 1.29 is 9.84 Å². The van der Waals surface area contributed by atoms with Gasteiger partial charge in [-0.2, -0.15) is 0 Å². The molecule has 0 aliphatic carbocycles. The Balaban J connectivity index is 2.09. The van der Waals surface area contributed by atoms with E-state index in [4.69, 9.17) is 27.8 Å². The predicted molar refractivity (Wildman–Crippen MR) is 79.4 cm³/mol. The lowest BCUT2D eigenvalue weighted by molar-refractivity contribution is 0.220. The van der Waals surface area contributed by atoms with E-state index in [9.17, 15) is 0 Å². The zero-order chi connectivity index (χ0) is 13.8. The van der Waals surface area contributed by atoms with Crippen LogP contribution in [0.4, 0.5) is 0 Å². The van der Waals surface area contributed by atoms with Crippen LogP contribution in [0.2, 0.25) is 0 Å². The van der Waals surface area contributed by atoms with E-state index in [0.29, 0.717) is 16.7 Å². The van der Waals surface area contributed by atoms with Crippen molar-refractivity contribution in [1.82, 2.24) is 4.90 Å². The minimum atomic E-state index is 0.275. The van der Waals surface area contributed by atoms with Crippen molar-refractivity contribution in [1.29, 1.82) is 0 Å². The maximum absolute atomic E-state index is 9.16. The Hall–Kier alpha value is -1.17. The van der Waals surface area contributed by atoms with Crippen molar-refractivity contribution in [3.05, 3.63) is 29.3 Å². The van der Waals surface area contributed by atoms with Crippen LogP contribution in [-0.4, -0.2) is 41.8 Å². The van der Waals surface area contributed by atoms with Gasteiger partial charge in [-0.05, 0) is 36.6 Å². The molecule has 104 valence electrons. The number of aliphatic hydroxyl groups is 1. The average Bonchev–Trinajstić information content (AvgIpc) is 2.86. The number of nitrogens with zero attached hydrogens (tertiary/aromatic N) is 1. The molecule has 1 aromatic carbocycles. The fourth-order valence-electron chi connectivity index (χ4n) is 2.51. The van der Waals surface area contributed by atoms with Gasteiger partial charge in [0.25, 0.3) is 0 Å². The Bertz CT molecular complexity index is 465. The molecule has 1 aromatic rings. The van der Waals surface area contributed by atoms with Gasteiger partial charge in [-0.15, -0.1) is 0 Å². The summed E-state index contributed by atoms with van der Waals surface area (Å²) in [5, 5.41) is 9.16. The van der Waals surface area contributed by atoms with Gasteiger partial charge in [0, 0.05) is 19.7 Å². The second kappa shape index (κ2) is 6.32. The van der Waals surface area contributed by atoms with Crippen LogP contribution in [-0.2, 0) is 6.54 Å². The minimum Gasteiger partial charge on any atom is -0.496 e. The van der Waals surface area contributed by atoms with Crippen LogP contribution in [0, 0.1) is 5.92 Å². The number of benzene rings is 1. The highest BCUT2D eigenvalue weighted by Gasteiger charge is 2.21. The zero-order valence-corrected chi connectivity index (χ0v) is 11.9. The molecule has 0 bridgehead atoms. The summed E-state index contributed by atoms with van der Waals surface area (Å²) in [6.45, 7) is 3.11. The molecule has 0 aromatic heterocycles. The molecule has 1 aliphatic heterocycles. The van der Waals surface area contributed by atoms with Crippen molar-refractivity contribution in [2.45, 2.75) is 13.0 Å². The van der Waals surface area contributed by atoms with Gasteiger partial charge < -0.3 is 15.6 Å². The summed E-state index contributed by atoms with van der Waals surface area (Å²) in [5.41, 5.74) is 7.67. The number of methoxy groups -OCH3 is 1. The van der Waals surface area contributed by atoms with E-state index < -0.39 is 0 Å². The summed E-state index contributed by atoms with van der Waals surface area (Å²) in [6, 6.07) is 5.93. The van der Waals surface area contributed by atoms with Crippen LogP contribution in [0.25, 0.3) is 0 Å². The van der Waals surface area contributed by atoms with Gasteiger partial charge in [0.05, 0.1) is 12.7 Å². The van der Waals surface area contributed by atoms with Gasteiger partial charge in [0.2, 0.25) is 0 Å². The summed E-state index contributed by atoms with van der Waals surface area (Å²) in [5.74, 6) is 1.12. The quantitative estimate of drug-likeness (QED) is 0.792. The van der Waals surface area contributed by atoms with Gasteiger partial charge in [-0.1, -0.05) is 18.3 Å². The summed E-state index contributed by atoms with van der Waals surface area (Å²) in [4.78, 5) is 2.69. The molecular weight excluding hydrogens is 260 g/mol. The topological polar surface area (TPSA) is 58.7 Å². The van der Waals surface area contributed by atoms with Gasteiger partial charge in [0.1, 0.15) is 10.7 Å². The molecule has 0 amide bonds. The molecule has 3 N–H and O–H groups in total. The van der Waals surface area contributed by atoms with Crippen molar-refractivity contribution in [3.63, 3.8) is 0 Å². The zero-order valence-electron chi connectivity index (χ0n) is 11.1. The monoisotopic (exact) mass is 280 g/mol. The van der Waals surface area contributed by atoms with Crippen molar-refractivity contribution in [2.75, 3.05) is 26.8 Å². The first kappa shape index (κ1) is 14.2. The summed E-state index contributed by atoms with van der Waals surface area (Å²) in [7, 11) is 1.61. The summed E-state index contributed by atoms with van der Waals surface area (Å²) < 4.78 is 5.25. The molecule has 1 heterocycles. The Labute approximate surface area is 119 Å². The van der Waals surface area contributed by atoms with E-state index >= 15 is 0 Å². The number of likely N-dealkylation sites (tertiary alicyclic amines) is 1. The maximum atomic E-state index is 9.16. The van der Waals surface area contributed by atoms with E-state index in [1.165, 1.54) is 5.56 Å². The predicted octanol–water partition coefficient (Wildman–Crippen LogP) is 1.14. The number of hydrogen-bond donors (Lipinski definition) is 2. The molecule has 5 heteroatoms. The second-order valence-corrected chi connectivity index (χ2v) is 5.41. The van der Waals surface area contributed by atoms with E-state index in [1.54, 1.807) is 7.11 Å². The molecule has 1 aliphatic rings. The molecule has 1 unspecified atom stereocenters. The lowest BCUT2D eigenvalue weighted by atomic mass is 10.1. The summed E-state index contributed by atoms with van der Waals surface area (Å²) >= 11 is 5.05. The smallest absolute Gasteiger partial charge is 0.129 e. The molecular formula is C14H20N2O2S. The Morgan fingerprint density at radius 3 is 2.95 bits per heavy atom. The van der Waals surface area contributed by atoms with Crippen molar-refractivity contribution >= 4 is 17.2 Å².